The molecule has 5 nitrogen and oxygen atoms in total. The maximum absolute atomic E-state index is 13.3. The van der Waals surface area contributed by atoms with Crippen LogP contribution in [-0.4, -0.2) is 30.5 Å². The van der Waals surface area contributed by atoms with Gasteiger partial charge in [-0.05, 0) is 60.5 Å². The number of amides is 1. The highest BCUT2D eigenvalue weighted by Gasteiger charge is 2.32. The Bertz CT molecular complexity index is 1190. The first-order valence-electron chi connectivity index (χ1n) is 10.4. The first-order valence-corrected chi connectivity index (χ1v) is 11.8. The first-order chi connectivity index (χ1) is 16.0. The summed E-state index contributed by atoms with van der Waals surface area (Å²) in [6, 6.07) is 22.7. The van der Waals surface area contributed by atoms with Gasteiger partial charge in [0, 0.05) is 10.8 Å². The monoisotopic (exact) mass is 478 g/mol. The number of methoxy groups -OCH3 is 1. The number of rotatable bonds is 7. The van der Waals surface area contributed by atoms with Gasteiger partial charge in [0.15, 0.2) is 5.17 Å². The zero-order valence-corrected chi connectivity index (χ0v) is 19.9. The molecule has 0 aromatic heterocycles. The molecule has 0 unspecified atom stereocenters. The average molecular weight is 479 g/mol. The molecule has 0 saturated carbocycles. The summed E-state index contributed by atoms with van der Waals surface area (Å²) in [7, 11) is 1.62. The molecule has 0 aliphatic carbocycles. The molecule has 0 radical (unpaired) electrons. The summed E-state index contributed by atoms with van der Waals surface area (Å²) < 4.78 is 11.0. The lowest BCUT2D eigenvalue weighted by Crippen LogP contribution is -2.30. The van der Waals surface area contributed by atoms with E-state index in [-0.39, 0.29) is 5.91 Å². The number of ether oxygens (including phenoxy) is 2. The molecule has 1 aliphatic rings. The zero-order valence-electron chi connectivity index (χ0n) is 18.3. The SMILES string of the molecule is COc1ccc(C=C2N=C(SCCOc3ccccc3)N(c3ccc(C)c(Cl)c3)C2=O)cc1. The number of benzene rings is 3. The van der Waals surface area contributed by atoms with Crippen molar-refractivity contribution in [3.63, 3.8) is 0 Å². The summed E-state index contributed by atoms with van der Waals surface area (Å²) in [4.78, 5) is 19.6. The van der Waals surface area contributed by atoms with Crippen molar-refractivity contribution in [2.45, 2.75) is 6.92 Å². The van der Waals surface area contributed by atoms with E-state index in [0.717, 1.165) is 22.6 Å². The van der Waals surface area contributed by atoms with Crippen LogP contribution in [0.5, 0.6) is 11.5 Å². The van der Waals surface area contributed by atoms with E-state index in [1.54, 1.807) is 24.2 Å². The standard InChI is InChI=1S/C26H23ClN2O3S/c1-18-8-11-20(17-23(18)27)29-25(30)24(16-19-9-12-21(31-2)13-10-19)28-26(29)33-15-14-32-22-6-4-3-5-7-22/h3-13,16-17H,14-15H2,1-2H3. The van der Waals surface area contributed by atoms with E-state index >= 15 is 0 Å². The lowest BCUT2D eigenvalue weighted by atomic mass is 10.1. The summed E-state index contributed by atoms with van der Waals surface area (Å²) >= 11 is 7.81. The van der Waals surface area contributed by atoms with Crippen LogP contribution in [0.4, 0.5) is 5.69 Å². The molecule has 0 bridgehead atoms. The summed E-state index contributed by atoms with van der Waals surface area (Å²) in [5, 5.41) is 1.20. The Hall–Kier alpha value is -3.22. The molecule has 1 amide bonds. The number of carbonyl (C=O) groups excluding carboxylic acids is 1. The maximum Gasteiger partial charge on any atom is 0.283 e. The molecule has 168 valence electrons. The molecule has 1 aliphatic heterocycles. The number of hydrogen-bond donors (Lipinski definition) is 0. The van der Waals surface area contributed by atoms with Gasteiger partial charge >= 0.3 is 0 Å². The van der Waals surface area contributed by atoms with Crippen LogP contribution >= 0.6 is 23.4 Å². The fraction of sp³-hybridized carbons (Fsp3) is 0.154. The van der Waals surface area contributed by atoms with Gasteiger partial charge in [-0.25, -0.2) is 4.99 Å². The number of thioether (sulfide) groups is 1. The van der Waals surface area contributed by atoms with Gasteiger partial charge in [-0.3, -0.25) is 9.69 Å². The number of para-hydroxylation sites is 1. The predicted molar refractivity (Wildman–Crippen MR) is 136 cm³/mol. The minimum Gasteiger partial charge on any atom is -0.497 e. The van der Waals surface area contributed by atoms with Crippen molar-refractivity contribution >= 4 is 46.2 Å². The van der Waals surface area contributed by atoms with Crippen molar-refractivity contribution in [3.8, 4) is 11.5 Å². The lowest BCUT2D eigenvalue weighted by Gasteiger charge is -2.18. The van der Waals surface area contributed by atoms with Crippen LogP contribution in [0.2, 0.25) is 5.02 Å². The fourth-order valence-corrected chi connectivity index (χ4v) is 4.21. The molecule has 0 saturated heterocycles. The lowest BCUT2D eigenvalue weighted by molar-refractivity contribution is -0.113. The molecule has 1 heterocycles. The average Bonchev–Trinajstić information content (AvgIpc) is 3.14. The highest BCUT2D eigenvalue weighted by molar-refractivity contribution is 8.14. The molecule has 3 aromatic rings. The highest BCUT2D eigenvalue weighted by Crippen LogP contribution is 2.32. The van der Waals surface area contributed by atoms with E-state index in [0.29, 0.717) is 33.9 Å². The Balaban J connectivity index is 1.56. The van der Waals surface area contributed by atoms with Gasteiger partial charge in [-0.2, -0.15) is 0 Å². The third-order valence-electron chi connectivity index (χ3n) is 4.99. The highest BCUT2D eigenvalue weighted by atomic mass is 35.5. The zero-order chi connectivity index (χ0) is 23.2. The first kappa shape index (κ1) is 23.0. The van der Waals surface area contributed by atoms with Crippen LogP contribution < -0.4 is 14.4 Å². The van der Waals surface area contributed by atoms with Crippen molar-refractivity contribution in [2.24, 2.45) is 4.99 Å². The number of carbonyl (C=O) groups is 1. The Kier molecular flexibility index (Phi) is 7.37. The number of nitrogens with zero attached hydrogens (tertiary/aromatic N) is 2. The van der Waals surface area contributed by atoms with Crippen LogP contribution in [-0.2, 0) is 4.79 Å². The van der Waals surface area contributed by atoms with Crippen LogP contribution in [0.15, 0.2) is 83.5 Å². The molecule has 0 fully saturated rings. The van der Waals surface area contributed by atoms with E-state index in [4.69, 9.17) is 21.1 Å². The Morgan fingerprint density at radius 1 is 1.03 bits per heavy atom. The van der Waals surface area contributed by atoms with E-state index < -0.39 is 0 Å². The number of halogens is 1. The van der Waals surface area contributed by atoms with E-state index in [1.165, 1.54) is 11.8 Å². The number of hydrogen-bond acceptors (Lipinski definition) is 5. The topological polar surface area (TPSA) is 51.1 Å². The summed E-state index contributed by atoms with van der Waals surface area (Å²) in [6.45, 7) is 2.42. The van der Waals surface area contributed by atoms with Gasteiger partial charge in [0.25, 0.3) is 5.91 Å². The Labute approximate surface area is 202 Å². The Morgan fingerprint density at radius 2 is 1.79 bits per heavy atom. The molecule has 0 N–H and O–H groups in total. The molecule has 4 rings (SSSR count). The van der Waals surface area contributed by atoms with Gasteiger partial charge in [0.05, 0.1) is 19.4 Å². The normalized spacial score (nSPS) is 14.5. The molecule has 7 heteroatoms. The van der Waals surface area contributed by atoms with E-state index in [1.807, 2.05) is 73.7 Å². The molecule has 0 spiro atoms. The minimum atomic E-state index is -0.197. The van der Waals surface area contributed by atoms with Crippen molar-refractivity contribution in [2.75, 3.05) is 24.4 Å². The fourth-order valence-electron chi connectivity index (χ4n) is 3.21. The Morgan fingerprint density at radius 3 is 2.48 bits per heavy atom. The maximum atomic E-state index is 13.3. The number of amidine groups is 1. The number of anilines is 1. The molecular weight excluding hydrogens is 456 g/mol. The van der Waals surface area contributed by atoms with Crippen molar-refractivity contribution in [1.82, 2.24) is 0 Å². The minimum absolute atomic E-state index is 0.197. The molecule has 0 atom stereocenters. The second-order valence-electron chi connectivity index (χ2n) is 7.28. The smallest absolute Gasteiger partial charge is 0.283 e. The summed E-state index contributed by atoms with van der Waals surface area (Å²) in [5.74, 6) is 2.00. The quantitative estimate of drug-likeness (QED) is 0.299. The third-order valence-corrected chi connectivity index (χ3v) is 6.30. The van der Waals surface area contributed by atoms with Gasteiger partial charge in [0.2, 0.25) is 0 Å². The summed E-state index contributed by atoms with van der Waals surface area (Å²) in [6.07, 6.45) is 1.78. The van der Waals surface area contributed by atoms with Crippen molar-refractivity contribution in [1.29, 1.82) is 0 Å². The van der Waals surface area contributed by atoms with Gasteiger partial charge in [0.1, 0.15) is 17.2 Å². The third kappa shape index (κ3) is 5.59. The van der Waals surface area contributed by atoms with Gasteiger partial charge in [-0.1, -0.05) is 59.8 Å². The largest absolute Gasteiger partial charge is 0.497 e. The summed E-state index contributed by atoms with van der Waals surface area (Å²) in [5.41, 5.74) is 2.86. The molecule has 3 aromatic carbocycles. The van der Waals surface area contributed by atoms with E-state index in [2.05, 4.69) is 4.99 Å². The van der Waals surface area contributed by atoms with Crippen LogP contribution in [0.25, 0.3) is 6.08 Å². The van der Waals surface area contributed by atoms with Crippen LogP contribution in [0.1, 0.15) is 11.1 Å². The second-order valence-corrected chi connectivity index (χ2v) is 8.75. The van der Waals surface area contributed by atoms with Gasteiger partial charge < -0.3 is 9.47 Å². The second kappa shape index (κ2) is 10.6. The van der Waals surface area contributed by atoms with Crippen LogP contribution in [0, 0.1) is 6.92 Å². The van der Waals surface area contributed by atoms with Crippen molar-refractivity contribution < 1.29 is 14.3 Å². The van der Waals surface area contributed by atoms with Gasteiger partial charge in [-0.15, -0.1) is 0 Å². The van der Waals surface area contributed by atoms with E-state index in [9.17, 15) is 4.79 Å². The number of aryl methyl sites for hydroxylation is 1. The van der Waals surface area contributed by atoms with Crippen molar-refractivity contribution in [3.05, 3.63) is 94.6 Å². The molecular formula is C26H23ClN2O3S. The molecule has 33 heavy (non-hydrogen) atoms. The predicted octanol–water partition coefficient (Wildman–Crippen LogP) is 6.21. The number of aliphatic imine (C=N–C) groups is 1. The van der Waals surface area contributed by atoms with Crippen LogP contribution in [0.3, 0.4) is 0 Å².